The number of hydrogen-bond donors (Lipinski definition) is 0. The summed E-state index contributed by atoms with van der Waals surface area (Å²) < 4.78 is 31.7. The first kappa shape index (κ1) is 24.4. The van der Waals surface area contributed by atoms with Crippen LogP contribution in [0.3, 0.4) is 0 Å². The highest BCUT2D eigenvalue weighted by Crippen LogP contribution is 2.32. The van der Waals surface area contributed by atoms with Gasteiger partial charge in [-0.3, -0.25) is 4.79 Å². The Morgan fingerprint density at radius 3 is 2.41 bits per heavy atom. The highest BCUT2D eigenvalue weighted by atomic mass is 16.6. The van der Waals surface area contributed by atoms with Gasteiger partial charge in [0.15, 0.2) is 12.0 Å². The predicted molar refractivity (Wildman–Crippen MR) is 127 cm³/mol. The summed E-state index contributed by atoms with van der Waals surface area (Å²) >= 11 is 0. The van der Waals surface area contributed by atoms with Gasteiger partial charge in [0.2, 0.25) is 0 Å². The minimum Gasteiger partial charge on any atom is -0.497 e. The fourth-order valence-corrected chi connectivity index (χ4v) is 2.91. The fraction of sp³-hybridized carbons (Fsp3) is 0.231. The summed E-state index contributed by atoms with van der Waals surface area (Å²) in [6.07, 6.45) is 5.23. The molecule has 2 heterocycles. The Morgan fingerprint density at radius 2 is 1.82 bits per heavy atom. The van der Waals surface area contributed by atoms with Gasteiger partial charge in [-0.25, -0.2) is 4.79 Å². The molecule has 0 bridgehead atoms. The number of methoxy groups -OCH3 is 1. The standard InChI is InChI=1S/C23H22O7.C3H4O/c1-4-10-28-17-11-20(29-14-22(25)27-5-2)23-18(24)13-19(30-21(23)12-17)15-6-8-16(26-3)9-7-15;1-2-4-3-1/h4,6-9,11-13H,1,5,10,14H2,2-3H3;1-2H,3H2. The number of esters is 1. The van der Waals surface area contributed by atoms with Gasteiger partial charge in [0.1, 0.15) is 47.2 Å². The first-order valence-corrected chi connectivity index (χ1v) is 10.6. The third-order valence-electron chi connectivity index (χ3n) is 4.55. The normalized spacial score (nSPS) is 11.4. The molecule has 1 aromatic heterocycles. The number of rotatable bonds is 9. The molecule has 0 aliphatic carbocycles. The Bertz CT molecular complexity index is 1200. The molecule has 2 aromatic carbocycles. The van der Waals surface area contributed by atoms with Crippen molar-refractivity contribution in [3.05, 3.63) is 77.7 Å². The number of hydrogen-bond acceptors (Lipinski definition) is 8. The van der Waals surface area contributed by atoms with Gasteiger partial charge in [-0.15, -0.1) is 0 Å². The molecule has 178 valence electrons. The molecule has 8 heteroatoms. The summed E-state index contributed by atoms with van der Waals surface area (Å²) in [6.45, 7) is 6.29. The van der Waals surface area contributed by atoms with E-state index in [1.54, 1.807) is 56.7 Å². The van der Waals surface area contributed by atoms with Crippen LogP contribution in [0.25, 0.3) is 22.3 Å². The molecule has 4 rings (SSSR count). The quantitative estimate of drug-likeness (QED) is 0.336. The summed E-state index contributed by atoms with van der Waals surface area (Å²) in [6, 6.07) is 11.7. The van der Waals surface area contributed by atoms with Crippen molar-refractivity contribution in [1.82, 2.24) is 0 Å². The van der Waals surface area contributed by atoms with Crippen molar-refractivity contribution in [3.8, 4) is 28.6 Å². The minimum absolute atomic E-state index is 0.176. The van der Waals surface area contributed by atoms with Crippen molar-refractivity contribution in [2.24, 2.45) is 0 Å². The summed E-state index contributed by atoms with van der Waals surface area (Å²) in [4.78, 5) is 24.6. The van der Waals surface area contributed by atoms with E-state index in [4.69, 9.17) is 23.4 Å². The van der Waals surface area contributed by atoms with Gasteiger partial charge in [-0.1, -0.05) is 12.7 Å². The maximum atomic E-state index is 12.9. The van der Waals surface area contributed by atoms with Crippen LogP contribution in [0.4, 0.5) is 0 Å². The Balaban J connectivity index is 0.000000732. The molecule has 0 spiro atoms. The van der Waals surface area contributed by atoms with E-state index in [-0.39, 0.29) is 42.0 Å². The zero-order valence-corrected chi connectivity index (χ0v) is 19.1. The van der Waals surface area contributed by atoms with Crippen LogP contribution in [0.15, 0.2) is 76.7 Å². The molecule has 0 amide bonds. The molecule has 0 radical (unpaired) electrons. The molecule has 0 saturated carbocycles. The van der Waals surface area contributed by atoms with Crippen molar-refractivity contribution >= 4 is 16.9 Å². The van der Waals surface area contributed by atoms with Crippen LogP contribution in [0.1, 0.15) is 6.92 Å². The first-order valence-electron chi connectivity index (χ1n) is 10.6. The summed E-state index contributed by atoms with van der Waals surface area (Å²) in [5.74, 6) is 1.12. The van der Waals surface area contributed by atoms with Gasteiger partial charge in [-0.05, 0) is 37.3 Å². The number of fused-ring (bicyclic) bond motifs is 1. The molecular formula is C26H26O8. The first-order chi connectivity index (χ1) is 16.5. The highest BCUT2D eigenvalue weighted by Gasteiger charge is 2.16. The second-order valence-corrected chi connectivity index (χ2v) is 6.90. The predicted octanol–water partition coefficient (Wildman–Crippen LogP) is 4.51. The van der Waals surface area contributed by atoms with E-state index >= 15 is 0 Å². The Kier molecular flexibility index (Phi) is 8.73. The summed E-state index contributed by atoms with van der Waals surface area (Å²) in [5, 5.41) is 0.211. The van der Waals surface area contributed by atoms with E-state index in [2.05, 4.69) is 11.3 Å². The zero-order valence-electron chi connectivity index (χ0n) is 19.1. The maximum Gasteiger partial charge on any atom is 0.344 e. The summed E-state index contributed by atoms with van der Waals surface area (Å²) in [5.41, 5.74) is 0.672. The van der Waals surface area contributed by atoms with Gasteiger partial charge < -0.3 is 28.1 Å². The molecular weight excluding hydrogens is 440 g/mol. The van der Waals surface area contributed by atoms with Crippen molar-refractivity contribution in [2.45, 2.75) is 6.92 Å². The third kappa shape index (κ3) is 6.41. The second-order valence-electron chi connectivity index (χ2n) is 6.90. The highest BCUT2D eigenvalue weighted by molar-refractivity contribution is 5.87. The van der Waals surface area contributed by atoms with Gasteiger partial charge in [-0.2, -0.15) is 0 Å². The average Bonchev–Trinajstić information content (AvgIpc) is 2.80. The topological polar surface area (TPSA) is 93.4 Å². The Hall–Kier alpha value is -4.20. The lowest BCUT2D eigenvalue weighted by molar-refractivity contribution is -0.145. The molecule has 0 atom stereocenters. The van der Waals surface area contributed by atoms with E-state index in [9.17, 15) is 9.59 Å². The minimum atomic E-state index is -0.540. The summed E-state index contributed by atoms with van der Waals surface area (Å²) in [7, 11) is 1.58. The van der Waals surface area contributed by atoms with E-state index in [0.717, 1.165) is 6.61 Å². The average molecular weight is 466 g/mol. The van der Waals surface area contributed by atoms with E-state index in [1.165, 1.54) is 12.1 Å². The van der Waals surface area contributed by atoms with Crippen molar-refractivity contribution in [1.29, 1.82) is 0 Å². The zero-order chi connectivity index (χ0) is 24.3. The maximum absolute atomic E-state index is 12.9. The van der Waals surface area contributed by atoms with Crippen LogP contribution < -0.4 is 19.6 Å². The molecule has 0 N–H and O–H groups in total. The number of benzene rings is 2. The monoisotopic (exact) mass is 466 g/mol. The number of carbonyl (C=O) groups excluding carboxylic acids is 1. The second kappa shape index (κ2) is 12.2. The molecule has 34 heavy (non-hydrogen) atoms. The van der Waals surface area contributed by atoms with Gasteiger partial charge in [0.05, 0.1) is 20.0 Å². The molecule has 0 fully saturated rings. The van der Waals surface area contributed by atoms with Crippen molar-refractivity contribution in [2.75, 3.05) is 33.5 Å². The van der Waals surface area contributed by atoms with Crippen LogP contribution in [0, 0.1) is 0 Å². The molecule has 1 aliphatic rings. The van der Waals surface area contributed by atoms with Crippen molar-refractivity contribution in [3.63, 3.8) is 0 Å². The largest absolute Gasteiger partial charge is 0.497 e. The number of ether oxygens (including phenoxy) is 5. The fourth-order valence-electron chi connectivity index (χ4n) is 2.91. The molecule has 1 aliphatic heterocycles. The SMILES string of the molecule is C1=COC1.C=CCOc1cc(OCC(=O)OCC)c2c(=O)cc(-c3ccc(OC)cc3)oc2c1. The third-order valence-corrected chi connectivity index (χ3v) is 4.55. The Morgan fingerprint density at radius 1 is 1.12 bits per heavy atom. The van der Waals surface area contributed by atoms with Gasteiger partial charge in [0.25, 0.3) is 0 Å². The lowest BCUT2D eigenvalue weighted by atomic mass is 10.1. The lowest BCUT2D eigenvalue weighted by Crippen LogP contribution is -2.15. The van der Waals surface area contributed by atoms with Gasteiger partial charge >= 0.3 is 5.97 Å². The van der Waals surface area contributed by atoms with Crippen LogP contribution >= 0.6 is 0 Å². The lowest BCUT2D eigenvalue weighted by Gasteiger charge is -2.12. The van der Waals surface area contributed by atoms with Crippen LogP contribution in [0.2, 0.25) is 0 Å². The van der Waals surface area contributed by atoms with E-state index in [1.807, 2.05) is 6.08 Å². The molecule has 0 saturated heterocycles. The molecule has 0 unspecified atom stereocenters. The van der Waals surface area contributed by atoms with Crippen LogP contribution in [-0.2, 0) is 14.3 Å². The van der Waals surface area contributed by atoms with E-state index in [0.29, 0.717) is 22.8 Å². The van der Waals surface area contributed by atoms with Crippen molar-refractivity contribution < 1.29 is 32.9 Å². The van der Waals surface area contributed by atoms with Crippen LogP contribution in [0.5, 0.6) is 17.2 Å². The Labute approximate surface area is 197 Å². The van der Waals surface area contributed by atoms with E-state index < -0.39 is 5.97 Å². The molecule has 3 aromatic rings. The van der Waals surface area contributed by atoms with Gasteiger partial charge in [0, 0.05) is 23.8 Å². The molecule has 8 nitrogen and oxygen atoms in total. The number of carbonyl (C=O) groups is 1. The smallest absolute Gasteiger partial charge is 0.344 e. The van der Waals surface area contributed by atoms with Crippen LogP contribution in [-0.4, -0.2) is 39.5 Å².